The summed E-state index contributed by atoms with van der Waals surface area (Å²) in [7, 11) is 1.61. The number of pyridine rings is 2. The quantitative estimate of drug-likeness (QED) is 0.537. The van der Waals surface area contributed by atoms with Gasteiger partial charge in [-0.3, -0.25) is 9.48 Å². The Balaban J connectivity index is 1.92. The molecule has 0 saturated heterocycles. The molecule has 3 rings (SSSR count). The Hall–Kier alpha value is -3.21. The molecule has 0 fully saturated rings. The highest BCUT2D eigenvalue weighted by atomic mass is 19.4. The first kappa shape index (κ1) is 22.5. The number of carbonyl (C=O) groups excluding carboxylic acids is 1. The van der Waals surface area contributed by atoms with Gasteiger partial charge in [0.05, 0.1) is 6.10 Å². The molecule has 0 bridgehead atoms. The van der Waals surface area contributed by atoms with Crippen LogP contribution in [0.5, 0.6) is 5.88 Å². The van der Waals surface area contributed by atoms with Crippen LogP contribution in [0, 0.1) is 0 Å². The lowest BCUT2D eigenvalue weighted by molar-refractivity contribution is -0.141. The molecule has 0 saturated carbocycles. The number of ether oxygens (including phenoxy) is 2. The van der Waals surface area contributed by atoms with Gasteiger partial charge in [0, 0.05) is 31.8 Å². The number of fused-ring (bicyclic) bond motifs is 1. The number of nitrogens with zero attached hydrogens (tertiary/aromatic N) is 4. The number of rotatable bonds is 8. The number of aromatic nitrogens is 4. The zero-order valence-corrected chi connectivity index (χ0v) is 17.2. The Morgan fingerprint density at radius 2 is 2.03 bits per heavy atom. The van der Waals surface area contributed by atoms with Gasteiger partial charge >= 0.3 is 6.18 Å². The van der Waals surface area contributed by atoms with Crippen molar-refractivity contribution in [2.45, 2.75) is 39.1 Å². The Labute approximate surface area is 176 Å². The van der Waals surface area contributed by atoms with Crippen LogP contribution in [0.25, 0.3) is 11.0 Å². The van der Waals surface area contributed by atoms with Crippen LogP contribution in [0.1, 0.15) is 36.3 Å². The fourth-order valence-electron chi connectivity index (χ4n) is 2.80. The van der Waals surface area contributed by atoms with Crippen LogP contribution >= 0.6 is 0 Å². The number of hydrogen-bond donors (Lipinski definition) is 1. The van der Waals surface area contributed by atoms with Crippen molar-refractivity contribution in [3.63, 3.8) is 0 Å². The van der Waals surface area contributed by atoms with E-state index in [0.717, 1.165) is 12.5 Å². The first-order valence-corrected chi connectivity index (χ1v) is 9.57. The highest BCUT2D eigenvalue weighted by molar-refractivity contribution is 6.07. The van der Waals surface area contributed by atoms with Gasteiger partial charge in [-0.15, -0.1) is 0 Å². The number of nitrogens with one attached hydrogen (secondary N) is 1. The third kappa shape index (κ3) is 5.69. The Bertz CT molecular complexity index is 1070. The Morgan fingerprint density at radius 1 is 1.26 bits per heavy atom. The summed E-state index contributed by atoms with van der Waals surface area (Å²) in [6, 6.07) is 4.82. The first-order chi connectivity index (χ1) is 14.7. The van der Waals surface area contributed by atoms with Crippen molar-refractivity contribution < 1.29 is 27.4 Å². The van der Waals surface area contributed by atoms with Gasteiger partial charge in [-0.2, -0.15) is 23.3 Å². The molecule has 0 unspecified atom stereocenters. The molecule has 1 N–H and O–H groups in total. The van der Waals surface area contributed by atoms with Crippen molar-refractivity contribution >= 4 is 22.8 Å². The normalized spacial score (nSPS) is 11.8. The van der Waals surface area contributed by atoms with Crippen LogP contribution in [-0.2, 0) is 17.5 Å². The number of aryl methyl sites for hydroxylation is 1. The van der Waals surface area contributed by atoms with E-state index in [4.69, 9.17) is 9.47 Å². The molecule has 0 spiro atoms. The molecule has 11 heteroatoms. The Kier molecular flexibility index (Phi) is 6.74. The van der Waals surface area contributed by atoms with Crippen molar-refractivity contribution in [3.05, 3.63) is 41.7 Å². The fourth-order valence-corrected chi connectivity index (χ4v) is 2.80. The van der Waals surface area contributed by atoms with Gasteiger partial charge in [-0.1, -0.05) is 6.07 Å². The average Bonchev–Trinajstić information content (AvgIpc) is 3.08. The second kappa shape index (κ2) is 9.29. The van der Waals surface area contributed by atoms with Crippen molar-refractivity contribution in [1.82, 2.24) is 19.7 Å². The van der Waals surface area contributed by atoms with Gasteiger partial charge in [0.25, 0.3) is 5.91 Å². The molecule has 8 nitrogen and oxygen atoms in total. The van der Waals surface area contributed by atoms with Crippen LogP contribution in [-0.4, -0.2) is 45.5 Å². The molecule has 3 aromatic heterocycles. The maximum absolute atomic E-state index is 12.9. The Morgan fingerprint density at radius 3 is 2.71 bits per heavy atom. The maximum Gasteiger partial charge on any atom is 0.433 e. The molecule has 3 aromatic rings. The standard InChI is InChI=1S/C20H22F3N5O3/c1-12(2)31-19-14(10-13-11-28(8-5-9-30-3)27-17(13)26-19)18(29)25-16-7-4-6-15(24-16)20(21,22)23/h4,6-7,10-12H,5,8-9H2,1-3H3,(H,24,25,29). The molecular formula is C20H22F3N5O3. The molecule has 3 heterocycles. The van der Waals surface area contributed by atoms with Gasteiger partial charge in [-0.25, -0.2) is 4.98 Å². The maximum atomic E-state index is 12.9. The molecule has 0 radical (unpaired) electrons. The lowest BCUT2D eigenvalue weighted by atomic mass is 10.2. The molecule has 166 valence electrons. The molecule has 31 heavy (non-hydrogen) atoms. The highest BCUT2D eigenvalue weighted by Crippen LogP contribution is 2.29. The molecular weight excluding hydrogens is 415 g/mol. The zero-order valence-electron chi connectivity index (χ0n) is 17.2. The van der Waals surface area contributed by atoms with Crippen LogP contribution in [0.2, 0.25) is 0 Å². The second-order valence-corrected chi connectivity index (χ2v) is 7.02. The monoisotopic (exact) mass is 437 g/mol. The SMILES string of the molecule is COCCCn1cc2cc(C(=O)Nc3cccc(C(F)(F)F)n3)c(OC(C)C)nc2n1. The number of amides is 1. The summed E-state index contributed by atoms with van der Waals surface area (Å²) in [4.78, 5) is 20.6. The summed E-state index contributed by atoms with van der Waals surface area (Å²) < 4.78 is 51.1. The number of alkyl halides is 3. The van der Waals surface area contributed by atoms with Crippen LogP contribution in [0.4, 0.5) is 19.0 Å². The molecule has 0 aromatic carbocycles. The van der Waals surface area contributed by atoms with E-state index in [2.05, 4.69) is 20.4 Å². The van der Waals surface area contributed by atoms with Crippen LogP contribution in [0.3, 0.4) is 0 Å². The van der Waals surface area contributed by atoms with Gasteiger partial charge in [0.15, 0.2) is 5.65 Å². The van der Waals surface area contributed by atoms with Crippen molar-refractivity contribution in [1.29, 1.82) is 0 Å². The smallest absolute Gasteiger partial charge is 0.433 e. The van der Waals surface area contributed by atoms with E-state index in [-0.39, 0.29) is 23.4 Å². The van der Waals surface area contributed by atoms with E-state index in [1.54, 1.807) is 37.9 Å². The van der Waals surface area contributed by atoms with Gasteiger partial charge in [-0.05, 0) is 38.5 Å². The van der Waals surface area contributed by atoms with Crippen LogP contribution in [0.15, 0.2) is 30.5 Å². The zero-order chi connectivity index (χ0) is 22.6. The number of methoxy groups -OCH3 is 1. The van der Waals surface area contributed by atoms with Gasteiger partial charge in [0.1, 0.15) is 17.1 Å². The van der Waals surface area contributed by atoms with E-state index < -0.39 is 17.8 Å². The lowest BCUT2D eigenvalue weighted by Crippen LogP contribution is -2.18. The summed E-state index contributed by atoms with van der Waals surface area (Å²) in [6.45, 7) is 4.71. The number of halogens is 3. The molecule has 0 atom stereocenters. The van der Waals surface area contributed by atoms with E-state index in [9.17, 15) is 18.0 Å². The molecule has 1 amide bonds. The van der Waals surface area contributed by atoms with E-state index in [1.807, 2.05) is 0 Å². The lowest BCUT2D eigenvalue weighted by Gasteiger charge is -2.13. The van der Waals surface area contributed by atoms with Gasteiger partial charge < -0.3 is 14.8 Å². The van der Waals surface area contributed by atoms with Crippen molar-refractivity contribution in [3.8, 4) is 5.88 Å². The minimum absolute atomic E-state index is 0.0362. The number of carbonyl (C=O) groups is 1. The summed E-state index contributed by atoms with van der Waals surface area (Å²) in [5.74, 6) is -0.885. The van der Waals surface area contributed by atoms with E-state index in [1.165, 1.54) is 12.1 Å². The average molecular weight is 437 g/mol. The first-order valence-electron chi connectivity index (χ1n) is 9.57. The summed E-state index contributed by atoms with van der Waals surface area (Å²) in [5.41, 5.74) is -0.645. The second-order valence-electron chi connectivity index (χ2n) is 7.02. The van der Waals surface area contributed by atoms with Crippen LogP contribution < -0.4 is 10.1 Å². The summed E-state index contributed by atoms with van der Waals surface area (Å²) in [5, 5.41) is 7.35. The van der Waals surface area contributed by atoms with Crippen molar-refractivity contribution in [2.75, 3.05) is 19.0 Å². The van der Waals surface area contributed by atoms with E-state index >= 15 is 0 Å². The number of anilines is 1. The predicted molar refractivity (Wildman–Crippen MR) is 107 cm³/mol. The fraction of sp³-hybridized carbons (Fsp3) is 0.400. The third-order valence-electron chi connectivity index (χ3n) is 4.12. The largest absolute Gasteiger partial charge is 0.474 e. The van der Waals surface area contributed by atoms with E-state index in [0.29, 0.717) is 24.2 Å². The minimum atomic E-state index is -4.62. The minimum Gasteiger partial charge on any atom is -0.474 e. The molecule has 0 aliphatic rings. The summed E-state index contributed by atoms with van der Waals surface area (Å²) in [6.07, 6.45) is -2.43. The number of hydrogen-bond acceptors (Lipinski definition) is 6. The summed E-state index contributed by atoms with van der Waals surface area (Å²) >= 11 is 0. The topological polar surface area (TPSA) is 91.2 Å². The third-order valence-corrected chi connectivity index (χ3v) is 4.12. The molecule has 0 aliphatic carbocycles. The van der Waals surface area contributed by atoms with Gasteiger partial charge in [0.2, 0.25) is 5.88 Å². The molecule has 0 aliphatic heterocycles. The highest BCUT2D eigenvalue weighted by Gasteiger charge is 2.32. The predicted octanol–water partition coefficient (Wildman–Crippen LogP) is 3.92. The van der Waals surface area contributed by atoms with Crippen molar-refractivity contribution in [2.24, 2.45) is 0 Å².